The van der Waals surface area contributed by atoms with Gasteiger partial charge in [-0.05, 0) is 38.8 Å². The summed E-state index contributed by atoms with van der Waals surface area (Å²) in [5.74, 6) is -0.498. The van der Waals surface area contributed by atoms with E-state index in [9.17, 15) is 9.59 Å². The van der Waals surface area contributed by atoms with Crippen molar-refractivity contribution in [2.24, 2.45) is 5.41 Å². The molecule has 1 aliphatic rings. The number of carbonyl (C=O) groups excluding carboxylic acids is 1. The second kappa shape index (κ2) is 6.48. The highest BCUT2D eigenvalue weighted by molar-refractivity contribution is 6.32. The number of hydrogen-bond acceptors (Lipinski definition) is 4. The quantitative estimate of drug-likeness (QED) is 0.823. The van der Waals surface area contributed by atoms with Crippen molar-refractivity contribution in [1.82, 2.24) is 20.1 Å². The molecule has 0 radical (unpaired) electrons. The minimum Gasteiger partial charge on any atom is -0.481 e. The summed E-state index contributed by atoms with van der Waals surface area (Å²) in [4.78, 5) is 27.9. The van der Waals surface area contributed by atoms with E-state index in [1.807, 2.05) is 18.2 Å². The van der Waals surface area contributed by atoms with Crippen LogP contribution in [0.2, 0.25) is 5.02 Å². The number of aromatic nitrogens is 3. The molecule has 1 aromatic heterocycles. The lowest BCUT2D eigenvalue weighted by atomic mass is 9.94. The van der Waals surface area contributed by atoms with Crippen molar-refractivity contribution in [3.05, 3.63) is 40.9 Å². The molecule has 0 aliphatic heterocycles. The Hall–Kier alpha value is -2.41. The lowest BCUT2D eigenvalue weighted by Crippen LogP contribution is -2.39. The highest BCUT2D eigenvalue weighted by Gasteiger charge is 2.33. The second-order valence-electron chi connectivity index (χ2n) is 6.80. The number of halogens is 1. The lowest BCUT2D eigenvalue weighted by molar-refractivity contribution is -0.146. The van der Waals surface area contributed by atoms with Gasteiger partial charge in [-0.15, -0.1) is 5.10 Å². The Kier molecular flexibility index (Phi) is 4.51. The third-order valence-corrected chi connectivity index (χ3v) is 4.45. The fourth-order valence-electron chi connectivity index (χ4n) is 2.28. The van der Waals surface area contributed by atoms with E-state index in [0.29, 0.717) is 16.5 Å². The topological polar surface area (TPSA) is 97.1 Å². The van der Waals surface area contributed by atoms with Crippen molar-refractivity contribution in [2.75, 3.05) is 6.54 Å². The van der Waals surface area contributed by atoms with Crippen LogP contribution in [0.5, 0.6) is 0 Å². The van der Waals surface area contributed by atoms with Crippen LogP contribution in [0.15, 0.2) is 24.3 Å². The first-order valence-electron chi connectivity index (χ1n) is 8.03. The van der Waals surface area contributed by atoms with Crippen LogP contribution in [-0.4, -0.2) is 38.3 Å². The number of hydrogen-bond donors (Lipinski definition) is 2. The van der Waals surface area contributed by atoms with Gasteiger partial charge in [0.25, 0.3) is 5.91 Å². The van der Waals surface area contributed by atoms with E-state index in [1.165, 1.54) is 0 Å². The van der Waals surface area contributed by atoms with Crippen molar-refractivity contribution in [2.45, 2.75) is 32.6 Å². The van der Waals surface area contributed by atoms with E-state index in [4.69, 9.17) is 16.7 Å². The Labute approximate surface area is 150 Å². The van der Waals surface area contributed by atoms with Crippen molar-refractivity contribution < 1.29 is 14.7 Å². The molecule has 25 heavy (non-hydrogen) atoms. The van der Waals surface area contributed by atoms with Crippen LogP contribution < -0.4 is 5.32 Å². The number of nitrogens with one attached hydrogen (secondary N) is 1. The van der Waals surface area contributed by atoms with Crippen LogP contribution in [-0.2, 0) is 4.79 Å². The molecule has 1 saturated carbocycles. The van der Waals surface area contributed by atoms with Gasteiger partial charge >= 0.3 is 5.97 Å². The van der Waals surface area contributed by atoms with E-state index < -0.39 is 17.3 Å². The van der Waals surface area contributed by atoms with Gasteiger partial charge in [0.2, 0.25) is 5.82 Å². The number of rotatable bonds is 6. The number of nitrogens with zero attached hydrogens (tertiary/aromatic N) is 3. The molecule has 0 saturated heterocycles. The van der Waals surface area contributed by atoms with Crippen LogP contribution in [0.25, 0.3) is 5.69 Å². The lowest BCUT2D eigenvalue weighted by Gasteiger charge is -2.18. The van der Waals surface area contributed by atoms with Gasteiger partial charge in [-0.1, -0.05) is 23.7 Å². The van der Waals surface area contributed by atoms with Crippen LogP contribution in [0, 0.1) is 5.41 Å². The van der Waals surface area contributed by atoms with E-state index in [2.05, 4.69) is 15.4 Å². The van der Waals surface area contributed by atoms with Gasteiger partial charge < -0.3 is 10.4 Å². The minimum absolute atomic E-state index is 0.0133. The summed E-state index contributed by atoms with van der Waals surface area (Å²) in [5.41, 5.74) is -0.399. The normalized spacial score (nSPS) is 14.4. The highest BCUT2D eigenvalue weighted by Crippen LogP contribution is 2.40. The average molecular weight is 363 g/mol. The van der Waals surface area contributed by atoms with Crippen LogP contribution in [0.3, 0.4) is 0 Å². The SMILES string of the molecule is CC(C)(CNC(=O)c1nc(C2CC2)n(-c2ccccc2Cl)n1)C(=O)O. The fourth-order valence-corrected chi connectivity index (χ4v) is 2.50. The standard InChI is InChI=1S/C17H19ClN4O3/c1-17(2,16(24)25)9-19-15(23)13-20-14(10-7-8-10)22(21-13)12-6-4-3-5-11(12)18/h3-6,10H,7-9H2,1-2H3,(H,19,23)(H,24,25). The summed E-state index contributed by atoms with van der Waals surface area (Å²) in [7, 11) is 0. The van der Waals surface area contributed by atoms with Gasteiger partial charge in [0.1, 0.15) is 5.82 Å². The summed E-state index contributed by atoms with van der Waals surface area (Å²) in [6, 6.07) is 7.23. The van der Waals surface area contributed by atoms with Crippen molar-refractivity contribution in [3.8, 4) is 5.69 Å². The van der Waals surface area contributed by atoms with E-state index in [1.54, 1.807) is 24.6 Å². The van der Waals surface area contributed by atoms with E-state index in [0.717, 1.165) is 12.8 Å². The maximum atomic E-state index is 12.4. The number of carboxylic acid groups (broad SMARTS) is 1. The molecule has 0 unspecified atom stereocenters. The maximum Gasteiger partial charge on any atom is 0.310 e. The zero-order chi connectivity index (χ0) is 18.2. The van der Waals surface area contributed by atoms with Crippen molar-refractivity contribution in [1.29, 1.82) is 0 Å². The predicted molar refractivity (Wildman–Crippen MR) is 92.1 cm³/mol. The number of amides is 1. The van der Waals surface area contributed by atoms with Crippen molar-refractivity contribution >= 4 is 23.5 Å². The molecule has 0 bridgehead atoms. The molecule has 2 aromatic rings. The Balaban J connectivity index is 1.86. The predicted octanol–water partition coefficient (Wildman–Crippen LogP) is 2.64. The molecule has 3 rings (SSSR count). The Bertz CT molecular complexity index is 827. The third kappa shape index (κ3) is 3.66. The molecule has 1 heterocycles. The first kappa shape index (κ1) is 17.4. The van der Waals surface area contributed by atoms with E-state index in [-0.39, 0.29) is 18.3 Å². The molecule has 7 nitrogen and oxygen atoms in total. The summed E-state index contributed by atoms with van der Waals surface area (Å²) in [6.45, 7) is 3.07. The summed E-state index contributed by atoms with van der Waals surface area (Å²) in [6.07, 6.45) is 1.99. The molecule has 1 amide bonds. The number of para-hydroxylation sites is 1. The Morgan fingerprint density at radius 1 is 1.36 bits per heavy atom. The smallest absolute Gasteiger partial charge is 0.310 e. The molecular formula is C17H19ClN4O3. The van der Waals surface area contributed by atoms with Gasteiger partial charge in [0.05, 0.1) is 16.1 Å². The number of carboxylic acids is 1. The van der Waals surface area contributed by atoms with Crippen molar-refractivity contribution in [3.63, 3.8) is 0 Å². The first-order valence-corrected chi connectivity index (χ1v) is 8.41. The number of benzene rings is 1. The summed E-state index contributed by atoms with van der Waals surface area (Å²) in [5, 5.41) is 16.6. The molecule has 132 valence electrons. The van der Waals surface area contributed by atoms with Gasteiger partial charge in [0.15, 0.2) is 0 Å². The Morgan fingerprint density at radius 2 is 2.04 bits per heavy atom. The number of aliphatic carboxylic acids is 1. The molecule has 8 heteroatoms. The fraction of sp³-hybridized carbons (Fsp3) is 0.412. The van der Waals surface area contributed by atoms with Crippen LogP contribution in [0.4, 0.5) is 0 Å². The molecule has 1 fully saturated rings. The summed E-state index contributed by atoms with van der Waals surface area (Å²) >= 11 is 6.25. The number of carbonyl (C=O) groups is 2. The maximum absolute atomic E-state index is 12.4. The third-order valence-electron chi connectivity index (χ3n) is 4.13. The second-order valence-corrected chi connectivity index (χ2v) is 7.21. The molecule has 0 spiro atoms. The monoisotopic (exact) mass is 362 g/mol. The van der Waals surface area contributed by atoms with E-state index >= 15 is 0 Å². The largest absolute Gasteiger partial charge is 0.481 e. The molecular weight excluding hydrogens is 344 g/mol. The van der Waals surface area contributed by atoms with Crippen LogP contribution >= 0.6 is 11.6 Å². The molecule has 1 aliphatic carbocycles. The molecule has 0 atom stereocenters. The molecule has 1 aromatic carbocycles. The molecule has 2 N–H and O–H groups in total. The van der Waals surface area contributed by atoms with Gasteiger partial charge in [-0.2, -0.15) is 0 Å². The first-order chi connectivity index (χ1) is 11.8. The van der Waals surface area contributed by atoms with Crippen LogP contribution in [0.1, 0.15) is 49.1 Å². The Morgan fingerprint density at radius 3 is 2.64 bits per heavy atom. The zero-order valence-electron chi connectivity index (χ0n) is 14.0. The van der Waals surface area contributed by atoms with Gasteiger partial charge in [0, 0.05) is 12.5 Å². The average Bonchev–Trinajstić information content (AvgIpc) is 3.32. The van der Waals surface area contributed by atoms with Gasteiger partial charge in [-0.25, -0.2) is 9.67 Å². The zero-order valence-corrected chi connectivity index (χ0v) is 14.7. The minimum atomic E-state index is -1.07. The van der Waals surface area contributed by atoms with Gasteiger partial charge in [-0.3, -0.25) is 9.59 Å². The summed E-state index contributed by atoms with van der Waals surface area (Å²) < 4.78 is 1.61. The highest BCUT2D eigenvalue weighted by atomic mass is 35.5.